The lowest BCUT2D eigenvalue weighted by molar-refractivity contribution is -0.147. The lowest BCUT2D eigenvalue weighted by Gasteiger charge is -2.24. The Morgan fingerprint density at radius 1 is 1.30 bits per heavy atom. The molecular weight excluding hydrogens is 262 g/mol. The number of nitrogens with one attached hydrogen (secondary N) is 1. The lowest BCUT2D eigenvalue weighted by Crippen LogP contribution is -2.35. The van der Waals surface area contributed by atoms with Crippen molar-refractivity contribution in [1.29, 1.82) is 0 Å². The fourth-order valence-electron chi connectivity index (χ4n) is 2.46. The number of hydrogen-bond acceptors (Lipinski definition) is 6. The van der Waals surface area contributed by atoms with Crippen LogP contribution < -0.4 is 14.8 Å². The Labute approximate surface area is 117 Å². The van der Waals surface area contributed by atoms with E-state index in [9.17, 15) is 9.90 Å². The Hall–Kier alpha value is -2.05. The number of carbonyl (C=O) groups is 1. The number of carboxylic acids is 1. The Kier molecular flexibility index (Phi) is 4.26. The van der Waals surface area contributed by atoms with Gasteiger partial charge in [-0.1, -0.05) is 12.8 Å². The molecule has 110 valence electrons. The fraction of sp³-hybridized carbons (Fsp3) is 0.615. The third-order valence-corrected chi connectivity index (χ3v) is 3.70. The molecule has 7 heteroatoms. The molecule has 2 rings (SSSR count). The zero-order chi connectivity index (χ0) is 14.6. The molecule has 1 fully saturated rings. The molecule has 0 unspecified atom stereocenters. The van der Waals surface area contributed by atoms with Crippen LogP contribution in [0.25, 0.3) is 0 Å². The first-order valence-corrected chi connectivity index (χ1v) is 6.54. The standard InChI is InChI=1S/C13H19N3O4/c1-19-9-7-10(20-2)16-12(15-9)14-8-13(11(17)18)5-3-4-6-13/h7H,3-6,8H2,1-2H3,(H,17,18)(H,14,15,16). The molecule has 1 aromatic rings. The average molecular weight is 281 g/mol. The van der Waals surface area contributed by atoms with Crippen LogP contribution in [0.5, 0.6) is 11.8 Å². The molecule has 0 saturated heterocycles. The SMILES string of the molecule is COc1cc(OC)nc(NCC2(C(=O)O)CCCC2)n1. The number of anilines is 1. The van der Waals surface area contributed by atoms with Gasteiger partial charge in [0, 0.05) is 6.54 Å². The van der Waals surface area contributed by atoms with Crippen molar-refractivity contribution >= 4 is 11.9 Å². The number of nitrogens with zero attached hydrogens (tertiary/aromatic N) is 2. The summed E-state index contributed by atoms with van der Waals surface area (Å²) in [5, 5.41) is 12.4. The van der Waals surface area contributed by atoms with Gasteiger partial charge in [-0.25, -0.2) is 0 Å². The maximum atomic E-state index is 11.5. The van der Waals surface area contributed by atoms with Crippen LogP contribution in [0.15, 0.2) is 6.07 Å². The van der Waals surface area contributed by atoms with Crippen molar-refractivity contribution in [1.82, 2.24) is 9.97 Å². The highest BCUT2D eigenvalue weighted by Gasteiger charge is 2.41. The molecule has 20 heavy (non-hydrogen) atoms. The van der Waals surface area contributed by atoms with Gasteiger partial charge in [-0.05, 0) is 12.8 Å². The van der Waals surface area contributed by atoms with Crippen LogP contribution in [0.1, 0.15) is 25.7 Å². The van der Waals surface area contributed by atoms with Crippen molar-refractivity contribution in [3.8, 4) is 11.8 Å². The van der Waals surface area contributed by atoms with Crippen molar-refractivity contribution in [3.63, 3.8) is 0 Å². The smallest absolute Gasteiger partial charge is 0.311 e. The zero-order valence-electron chi connectivity index (χ0n) is 11.7. The van der Waals surface area contributed by atoms with E-state index in [-0.39, 0.29) is 0 Å². The van der Waals surface area contributed by atoms with Gasteiger partial charge in [-0.15, -0.1) is 0 Å². The van der Waals surface area contributed by atoms with Crippen LogP contribution >= 0.6 is 0 Å². The molecule has 0 aromatic carbocycles. The summed E-state index contributed by atoms with van der Waals surface area (Å²) in [5.41, 5.74) is -0.723. The second-order valence-electron chi connectivity index (χ2n) is 4.92. The van der Waals surface area contributed by atoms with Crippen molar-refractivity contribution in [2.45, 2.75) is 25.7 Å². The highest BCUT2D eigenvalue weighted by atomic mass is 16.5. The number of aliphatic carboxylic acids is 1. The quantitative estimate of drug-likeness (QED) is 0.817. The molecule has 1 heterocycles. The van der Waals surface area contributed by atoms with Crippen LogP contribution in [-0.4, -0.2) is 41.8 Å². The van der Waals surface area contributed by atoms with Gasteiger partial charge in [-0.2, -0.15) is 9.97 Å². The van der Waals surface area contributed by atoms with E-state index in [1.807, 2.05) is 0 Å². The molecule has 0 radical (unpaired) electrons. The van der Waals surface area contributed by atoms with E-state index in [1.54, 1.807) is 6.07 Å². The molecule has 0 aliphatic heterocycles. The fourth-order valence-corrected chi connectivity index (χ4v) is 2.46. The second kappa shape index (κ2) is 5.94. The van der Waals surface area contributed by atoms with Gasteiger partial charge in [0.15, 0.2) is 0 Å². The van der Waals surface area contributed by atoms with Crippen molar-refractivity contribution in [3.05, 3.63) is 6.07 Å². The van der Waals surface area contributed by atoms with Crippen LogP contribution in [-0.2, 0) is 4.79 Å². The summed E-state index contributed by atoms with van der Waals surface area (Å²) in [6.45, 7) is 0.304. The summed E-state index contributed by atoms with van der Waals surface area (Å²) in [6.07, 6.45) is 3.24. The average Bonchev–Trinajstić information content (AvgIpc) is 2.95. The minimum atomic E-state index is -0.766. The minimum Gasteiger partial charge on any atom is -0.481 e. The second-order valence-corrected chi connectivity index (χ2v) is 4.92. The molecule has 0 bridgehead atoms. The summed E-state index contributed by atoms with van der Waals surface area (Å²) >= 11 is 0. The van der Waals surface area contributed by atoms with Gasteiger partial charge < -0.3 is 19.9 Å². The first kappa shape index (κ1) is 14.4. The highest BCUT2D eigenvalue weighted by Crippen LogP contribution is 2.38. The normalized spacial score (nSPS) is 16.7. The van der Waals surface area contributed by atoms with Crippen LogP contribution in [0.3, 0.4) is 0 Å². The summed E-state index contributed by atoms with van der Waals surface area (Å²) in [4.78, 5) is 19.7. The van der Waals surface area contributed by atoms with E-state index in [4.69, 9.17) is 9.47 Å². The molecule has 7 nitrogen and oxygen atoms in total. The molecule has 0 atom stereocenters. The third-order valence-electron chi connectivity index (χ3n) is 3.70. The largest absolute Gasteiger partial charge is 0.481 e. The molecule has 1 aromatic heterocycles. The number of aromatic nitrogens is 2. The van der Waals surface area contributed by atoms with Crippen LogP contribution in [0.2, 0.25) is 0 Å². The highest BCUT2D eigenvalue weighted by molar-refractivity contribution is 5.75. The summed E-state index contributed by atoms with van der Waals surface area (Å²) in [7, 11) is 3.00. The Bertz CT molecular complexity index is 464. The van der Waals surface area contributed by atoms with Crippen LogP contribution in [0, 0.1) is 5.41 Å². The van der Waals surface area contributed by atoms with Crippen molar-refractivity contribution < 1.29 is 19.4 Å². The molecule has 1 aliphatic carbocycles. The number of rotatable bonds is 6. The molecular formula is C13H19N3O4. The maximum Gasteiger partial charge on any atom is 0.311 e. The summed E-state index contributed by atoms with van der Waals surface area (Å²) in [6, 6.07) is 1.56. The predicted molar refractivity (Wildman–Crippen MR) is 72.2 cm³/mol. The van der Waals surface area contributed by atoms with Gasteiger partial charge in [-0.3, -0.25) is 4.79 Å². The summed E-state index contributed by atoms with van der Waals surface area (Å²) < 4.78 is 10.1. The Morgan fingerprint density at radius 3 is 2.30 bits per heavy atom. The Morgan fingerprint density at radius 2 is 1.85 bits per heavy atom. The molecule has 2 N–H and O–H groups in total. The maximum absolute atomic E-state index is 11.5. The van der Waals surface area contributed by atoms with Gasteiger partial charge in [0.2, 0.25) is 17.7 Å². The predicted octanol–water partition coefficient (Wildman–Crippen LogP) is 1.55. The van der Waals surface area contributed by atoms with Gasteiger partial charge in [0.05, 0.1) is 25.7 Å². The van der Waals surface area contributed by atoms with Crippen molar-refractivity contribution in [2.24, 2.45) is 5.41 Å². The van der Waals surface area contributed by atoms with E-state index in [2.05, 4.69) is 15.3 Å². The first-order valence-electron chi connectivity index (χ1n) is 6.54. The van der Waals surface area contributed by atoms with E-state index < -0.39 is 11.4 Å². The van der Waals surface area contributed by atoms with Crippen molar-refractivity contribution in [2.75, 3.05) is 26.1 Å². The van der Waals surface area contributed by atoms with E-state index in [0.717, 1.165) is 12.8 Å². The van der Waals surface area contributed by atoms with Gasteiger partial charge >= 0.3 is 5.97 Å². The zero-order valence-corrected chi connectivity index (χ0v) is 11.7. The first-order chi connectivity index (χ1) is 9.59. The number of carboxylic acid groups (broad SMARTS) is 1. The summed E-state index contributed by atoms with van der Waals surface area (Å²) in [5.74, 6) is 0.288. The lowest BCUT2D eigenvalue weighted by atomic mass is 9.86. The topological polar surface area (TPSA) is 93.6 Å². The van der Waals surface area contributed by atoms with Crippen LogP contribution in [0.4, 0.5) is 5.95 Å². The molecule has 1 aliphatic rings. The number of methoxy groups -OCH3 is 2. The van der Waals surface area contributed by atoms with E-state index >= 15 is 0 Å². The molecule has 0 spiro atoms. The molecule has 0 amide bonds. The van der Waals surface area contributed by atoms with E-state index in [0.29, 0.717) is 37.1 Å². The van der Waals surface area contributed by atoms with E-state index in [1.165, 1.54) is 14.2 Å². The molecule has 1 saturated carbocycles. The third kappa shape index (κ3) is 2.92. The Balaban J connectivity index is 2.11. The minimum absolute atomic E-state index is 0.304. The number of hydrogen-bond donors (Lipinski definition) is 2. The monoisotopic (exact) mass is 281 g/mol. The van der Waals surface area contributed by atoms with Gasteiger partial charge in [0.25, 0.3) is 0 Å². The number of ether oxygens (including phenoxy) is 2. The van der Waals surface area contributed by atoms with Gasteiger partial charge in [0.1, 0.15) is 0 Å².